The van der Waals surface area contributed by atoms with Crippen LogP contribution in [0.25, 0.3) is 22.3 Å². The van der Waals surface area contributed by atoms with E-state index in [0.717, 1.165) is 65.2 Å². The number of amides is 1. The van der Waals surface area contributed by atoms with Crippen LogP contribution in [0.3, 0.4) is 0 Å². The van der Waals surface area contributed by atoms with Gasteiger partial charge in [0.05, 0.1) is 5.69 Å². The summed E-state index contributed by atoms with van der Waals surface area (Å²) in [6.07, 6.45) is 2.41. The molecule has 2 atom stereocenters. The molecule has 2 aliphatic carbocycles. The van der Waals surface area contributed by atoms with Gasteiger partial charge in [-0.2, -0.15) is 5.10 Å². The van der Waals surface area contributed by atoms with Crippen molar-refractivity contribution >= 4 is 22.5 Å². The summed E-state index contributed by atoms with van der Waals surface area (Å²) >= 11 is 0. The van der Waals surface area contributed by atoms with Crippen LogP contribution in [0.2, 0.25) is 0 Å². The van der Waals surface area contributed by atoms with Crippen LogP contribution in [0, 0.1) is 17.3 Å². The van der Waals surface area contributed by atoms with Gasteiger partial charge in [0, 0.05) is 58.6 Å². The Hall–Kier alpha value is -2.74. The fourth-order valence-corrected chi connectivity index (χ4v) is 5.75. The molecule has 1 saturated carbocycles. The summed E-state index contributed by atoms with van der Waals surface area (Å²) in [7, 11) is 1.83. The molecule has 0 radical (unpaired) electrons. The molecule has 0 spiro atoms. The van der Waals surface area contributed by atoms with Gasteiger partial charge in [0.15, 0.2) is 0 Å². The number of piperidine rings is 1. The first-order valence-electron chi connectivity index (χ1n) is 11.3. The highest BCUT2D eigenvalue weighted by Gasteiger charge is 2.78. The van der Waals surface area contributed by atoms with Crippen LogP contribution in [0.5, 0.6) is 0 Å². The molecule has 32 heavy (non-hydrogen) atoms. The normalized spacial score (nSPS) is 26.6. The molecule has 2 aromatic heterocycles. The van der Waals surface area contributed by atoms with E-state index in [2.05, 4.69) is 20.5 Å². The van der Waals surface area contributed by atoms with Crippen LogP contribution in [0.4, 0.5) is 14.5 Å². The fraction of sp³-hybridized carbons (Fsp3) is 0.500. The SMILES string of the molecule is CN(C(=O)C1CCNCC1)c1ccc2cc(-c3n[nH]c4c3C[C@@H]3C(F)(F)C3(C)C4)[nH]c2c1. The minimum absolute atomic E-state index is 0.0537. The zero-order valence-corrected chi connectivity index (χ0v) is 18.3. The van der Waals surface area contributed by atoms with Crippen molar-refractivity contribution in [3.05, 3.63) is 35.5 Å². The Kier molecular flexibility index (Phi) is 4.13. The van der Waals surface area contributed by atoms with E-state index in [9.17, 15) is 13.6 Å². The molecule has 168 valence electrons. The van der Waals surface area contributed by atoms with Gasteiger partial charge in [0.2, 0.25) is 5.91 Å². The third-order valence-electron chi connectivity index (χ3n) is 8.06. The summed E-state index contributed by atoms with van der Waals surface area (Å²) in [5.41, 5.74) is 4.06. The van der Waals surface area contributed by atoms with Crippen LogP contribution < -0.4 is 10.2 Å². The lowest BCUT2D eigenvalue weighted by Crippen LogP contribution is -2.39. The first kappa shape index (κ1) is 19.9. The number of aromatic nitrogens is 3. The van der Waals surface area contributed by atoms with Crippen molar-refractivity contribution in [3.8, 4) is 11.4 Å². The number of aromatic amines is 2. The number of nitrogens with zero attached hydrogens (tertiary/aromatic N) is 2. The van der Waals surface area contributed by atoms with Gasteiger partial charge in [-0.05, 0) is 50.6 Å². The molecule has 6 nitrogen and oxygen atoms in total. The Labute approximate surface area is 184 Å². The van der Waals surface area contributed by atoms with Gasteiger partial charge in [0.1, 0.15) is 5.69 Å². The van der Waals surface area contributed by atoms with E-state index < -0.39 is 17.3 Å². The van der Waals surface area contributed by atoms with Crippen LogP contribution in [-0.2, 0) is 17.6 Å². The van der Waals surface area contributed by atoms with Crippen molar-refractivity contribution in [2.45, 2.75) is 38.5 Å². The van der Waals surface area contributed by atoms with E-state index in [1.54, 1.807) is 11.8 Å². The third-order valence-corrected chi connectivity index (χ3v) is 8.06. The maximum absolute atomic E-state index is 14.3. The van der Waals surface area contributed by atoms with E-state index >= 15 is 0 Å². The monoisotopic (exact) mass is 439 g/mol. The van der Waals surface area contributed by atoms with Crippen molar-refractivity contribution in [2.75, 3.05) is 25.0 Å². The Balaban J connectivity index is 1.29. The summed E-state index contributed by atoms with van der Waals surface area (Å²) in [6.45, 7) is 3.43. The fourth-order valence-electron chi connectivity index (χ4n) is 5.75. The first-order valence-corrected chi connectivity index (χ1v) is 11.3. The minimum Gasteiger partial charge on any atom is -0.353 e. The summed E-state index contributed by atoms with van der Waals surface area (Å²) in [4.78, 5) is 18.1. The molecule has 1 unspecified atom stereocenters. The lowest BCUT2D eigenvalue weighted by atomic mass is 9.87. The van der Waals surface area contributed by atoms with Gasteiger partial charge in [-0.3, -0.25) is 9.89 Å². The van der Waals surface area contributed by atoms with E-state index in [-0.39, 0.29) is 11.8 Å². The van der Waals surface area contributed by atoms with E-state index in [1.165, 1.54) is 0 Å². The van der Waals surface area contributed by atoms with Crippen molar-refractivity contribution < 1.29 is 13.6 Å². The molecule has 3 aliphatic rings. The van der Waals surface area contributed by atoms with Crippen molar-refractivity contribution in [1.29, 1.82) is 0 Å². The molecule has 1 aromatic carbocycles. The summed E-state index contributed by atoms with van der Waals surface area (Å²) in [6, 6.07) is 7.92. The van der Waals surface area contributed by atoms with Crippen molar-refractivity contribution in [1.82, 2.24) is 20.5 Å². The summed E-state index contributed by atoms with van der Waals surface area (Å²) < 4.78 is 28.5. The number of carbonyl (C=O) groups is 1. The molecule has 3 N–H and O–H groups in total. The highest BCUT2D eigenvalue weighted by molar-refractivity contribution is 5.97. The number of halogens is 2. The van der Waals surface area contributed by atoms with Crippen molar-refractivity contribution in [3.63, 3.8) is 0 Å². The standard InChI is InChI=1S/C24H27F2N5O/c1-23-12-19-16(11-20(23)24(23,25)26)21(30-29-19)18-9-14-3-4-15(10-17(14)28-18)31(2)22(32)13-5-7-27-8-6-13/h3-4,9-10,13,20,27-28H,5-8,11-12H2,1-2H3,(H,29,30)/t20-,23?/m0/s1. The molecule has 1 aliphatic heterocycles. The average molecular weight is 440 g/mol. The number of benzene rings is 1. The topological polar surface area (TPSA) is 76.8 Å². The van der Waals surface area contributed by atoms with E-state index in [1.807, 2.05) is 31.3 Å². The van der Waals surface area contributed by atoms with Gasteiger partial charge in [-0.25, -0.2) is 8.78 Å². The van der Waals surface area contributed by atoms with Crippen LogP contribution in [-0.4, -0.2) is 47.1 Å². The Morgan fingerprint density at radius 2 is 2.00 bits per heavy atom. The molecule has 8 heteroatoms. The quantitative estimate of drug-likeness (QED) is 0.580. The number of alkyl halides is 2. The number of carbonyl (C=O) groups excluding carboxylic acids is 1. The number of anilines is 1. The number of fused-ring (bicyclic) bond motifs is 3. The van der Waals surface area contributed by atoms with E-state index in [4.69, 9.17) is 0 Å². The highest BCUT2D eigenvalue weighted by Crippen LogP contribution is 2.70. The molecule has 0 bridgehead atoms. The molecule has 3 heterocycles. The lowest BCUT2D eigenvalue weighted by molar-refractivity contribution is -0.122. The largest absolute Gasteiger partial charge is 0.353 e. The molecule has 6 rings (SSSR count). The smallest absolute Gasteiger partial charge is 0.258 e. The maximum Gasteiger partial charge on any atom is 0.258 e. The Bertz CT molecular complexity index is 1220. The minimum atomic E-state index is -2.61. The number of H-pyrrole nitrogens is 2. The van der Waals surface area contributed by atoms with Gasteiger partial charge >= 0.3 is 0 Å². The van der Waals surface area contributed by atoms with Gasteiger partial charge < -0.3 is 15.2 Å². The first-order chi connectivity index (χ1) is 15.3. The highest BCUT2D eigenvalue weighted by atomic mass is 19.3. The second-order valence-electron chi connectivity index (χ2n) is 9.88. The molecular formula is C24H27F2N5O. The van der Waals surface area contributed by atoms with Gasteiger partial charge in [0.25, 0.3) is 5.92 Å². The molecule has 3 aromatic rings. The number of hydrogen-bond donors (Lipinski definition) is 3. The number of rotatable bonds is 3. The van der Waals surface area contributed by atoms with Crippen molar-refractivity contribution in [2.24, 2.45) is 17.3 Å². The van der Waals surface area contributed by atoms with Crippen LogP contribution in [0.15, 0.2) is 24.3 Å². The zero-order valence-electron chi connectivity index (χ0n) is 18.3. The van der Waals surface area contributed by atoms with Crippen LogP contribution >= 0.6 is 0 Å². The zero-order chi connectivity index (χ0) is 22.3. The summed E-state index contributed by atoms with van der Waals surface area (Å²) in [5, 5.41) is 11.8. The average Bonchev–Trinajstić information content (AvgIpc) is 3.20. The number of hydrogen-bond acceptors (Lipinski definition) is 3. The molecule has 2 fully saturated rings. The molecule has 1 amide bonds. The lowest BCUT2D eigenvalue weighted by Gasteiger charge is -2.27. The molecular weight excluding hydrogens is 412 g/mol. The van der Waals surface area contributed by atoms with Gasteiger partial charge in [-0.1, -0.05) is 13.0 Å². The Morgan fingerprint density at radius 3 is 2.78 bits per heavy atom. The predicted octanol–water partition coefficient (Wildman–Crippen LogP) is 3.89. The van der Waals surface area contributed by atoms with Crippen LogP contribution in [0.1, 0.15) is 31.0 Å². The van der Waals surface area contributed by atoms with Gasteiger partial charge in [-0.15, -0.1) is 0 Å². The summed E-state index contributed by atoms with van der Waals surface area (Å²) in [5.74, 6) is -3.01. The third kappa shape index (κ3) is 2.71. The van der Waals surface area contributed by atoms with E-state index in [0.29, 0.717) is 12.8 Å². The molecule has 1 saturated heterocycles. The second-order valence-corrected chi connectivity index (χ2v) is 9.88. The maximum atomic E-state index is 14.3. The second kappa shape index (κ2) is 6.63. The number of nitrogens with one attached hydrogen (secondary N) is 3. The predicted molar refractivity (Wildman–Crippen MR) is 119 cm³/mol. The Morgan fingerprint density at radius 1 is 1.22 bits per heavy atom.